The van der Waals surface area contributed by atoms with Gasteiger partial charge in [0, 0.05) is 0 Å². The lowest BCUT2D eigenvalue weighted by atomic mass is 9.77. The van der Waals surface area contributed by atoms with Crippen molar-refractivity contribution in [3.63, 3.8) is 0 Å². The van der Waals surface area contributed by atoms with Crippen molar-refractivity contribution in [1.29, 1.82) is 0 Å². The highest BCUT2D eigenvalue weighted by Gasteiger charge is 2.39. The zero-order valence-corrected chi connectivity index (χ0v) is 12.8. The second-order valence-corrected chi connectivity index (χ2v) is 6.17. The standard InChI is InChI=1S/C17H27NO/c1-13(2)15-7-6-14(3)16(12-15)19-17(8-5-9-17)10-11-18-4/h6-7,12-13,18H,5,8-11H2,1-4H3. The Labute approximate surface area is 117 Å². The topological polar surface area (TPSA) is 21.3 Å². The third-order valence-electron chi connectivity index (χ3n) is 4.30. The molecule has 1 aliphatic rings. The first kappa shape index (κ1) is 14.4. The molecular weight excluding hydrogens is 234 g/mol. The Kier molecular flexibility index (Phi) is 4.51. The molecule has 0 bridgehead atoms. The molecule has 0 spiro atoms. The third kappa shape index (κ3) is 3.30. The van der Waals surface area contributed by atoms with Gasteiger partial charge in [-0.15, -0.1) is 0 Å². The fourth-order valence-electron chi connectivity index (χ4n) is 2.65. The van der Waals surface area contributed by atoms with Gasteiger partial charge in [-0.25, -0.2) is 0 Å². The van der Waals surface area contributed by atoms with Gasteiger partial charge in [0.25, 0.3) is 0 Å². The third-order valence-corrected chi connectivity index (χ3v) is 4.30. The molecule has 1 aliphatic carbocycles. The highest BCUT2D eigenvalue weighted by atomic mass is 16.5. The molecule has 1 aromatic rings. The van der Waals surface area contributed by atoms with Crippen molar-refractivity contribution in [3.8, 4) is 5.75 Å². The van der Waals surface area contributed by atoms with Gasteiger partial charge in [0.05, 0.1) is 0 Å². The van der Waals surface area contributed by atoms with Crippen LogP contribution in [0.3, 0.4) is 0 Å². The maximum atomic E-state index is 6.42. The van der Waals surface area contributed by atoms with Crippen LogP contribution in [0, 0.1) is 6.92 Å². The lowest BCUT2D eigenvalue weighted by Gasteiger charge is -2.42. The van der Waals surface area contributed by atoms with Crippen molar-refractivity contribution in [2.45, 2.75) is 58.0 Å². The van der Waals surface area contributed by atoms with E-state index in [1.54, 1.807) is 0 Å². The molecule has 0 amide bonds. The molecular formula is C17H27NO. The van der Waals surface area contributed by atoms with Crippen LogP contribution in [-0.2, 0) is 0 Å². The predicted octanol–water partition coefficient (Wildman–Crippen LogP) is 4.03. The zero-order valence-electron chi connectivity index (χ0n) is 12.8. The van der Waals surface area contributed by atoms with Crippen LogP contribution in [0.15, 0.2) is 18.2 Å². The van der Waals surface area contributed by atoms with E-state index in [4.69, 9.17) is 4.74 Å². The molecule has 106 valence electrons. The maximum absolute atomic E-state index is 6.42. The molecule has 1 saturated carbocycles. The highest BCUT2D eigenvalue weighted by molar-refractivity contribution is 5.38. The van der Waals surface area contributed by atoms with Crippen LogP contribution < -0.4 is 10.1 Å². The van der Waals surface area contributed by atoms with Gasteiger partial charge in [-0.05, 0) is 69.3 Å². The minimum Gasteiger partial charge on any atom is -0.487 e. The average molecular weight is 261 g/mol. The summed E-state index contributed by atoms with van der Waals surface area (Å²) in [6.07, 6.45) is 4.79. The van der Waals surface area contributed by atoms with E-state index in [1.165, 1.54) is 30.4 Å². The fourth-order valence-corrected chi connectivity index (χ4v) is 2.65. The van der Waals surface area contributed by atoms with Gasteiger partial charge < -0.3 is 10.1 Å². The molecule has 0 radical (unpaired) electrons. The van der Waals surface area contributed by atoms with Crippen LogP contribution >= 0.6 is 0 Å². The normalized spacial score (nSPS) is 17.3. The molecule has 2 nitrogen and oxygen atoms in total. The average Bonchev–Trinajstić information content (AvgIpc) is 2.34. The Balaban J connectivity index is 2.14. The van der Waals surface area contributed by atoms with Gasteiger partial charge >= 0.3 is 0 Å². The smallest absolute Gasteiger partial charge is 0.123 e. The molecule has 19 heavy (non-hydrogen) atoms. The Morgan fingerprint density at radius 3 is 2.58 bits per heavy atom. The number of benzene rings is 1. The molecule has 2 heteroatoms. The van der Waals surface area contributed by atoms with Gasteiger partial charge in [-0.3, -0.25) is 0 Å². The van der Waals surface area contributed by atoms with Crippen molar-refractivity contribution in [3.05, 3.63) is 29.3 Å². The van der Waals surface area contributed by atoms with Crippen molar-refractivity contribution >= 4 is 0 Å². The monoisotopic (exact) mass is 261 g/mol. The summed E-state index contributed by atoms with van der Waals surface area (Å²) in [4.78, 5) is 0. The molecule has 0 aliphatic heterocycles. The van der Waals surface area contributed by atoms with E-state index in [0.717, 1.165) is 18.7 Å². The molecule has 0 unspecified atom stereocenters. The minimum absolute atomic E-state index is 0.0867. The maximum Gasteiger partial charge on any atom is 0.123 e. The molecule has 0 heterocycles. The Bertz CT molecular complexity index is 421. The summed E-state index contributed by atoms with van der Waals surface area (Å²) in [5.74, 6) is 1.64. The van der Waals surface area contributed by atoms with Gasteiger partial charge in [-0.2, -0.15) is 0 Å². The van der Waals surface area contributed by atoms with E-state index in [2.05, 4.69) is 44.3 Å². The summed E-state index contributed by atoms with van der Waals surface area (Å²) in [5.41, 5.74) is 2.70. The number of hydrogen-bond acceptors (Lipinski definition) is 2. The lowest BCUT2D eigenvalue weighted by Crippen LogP contribution is -2.45. The predicted molar refractivity (Wildman–Crippen MR) is 81.0 cm³/mol. The fraction of sp³-hybridized carbons (Fsp3) is 0.647. The first-order chi connectivity index (χ1) is 9.06. The van der Waals surface area contributed by atoms with Crippen LogP contribution in [0.4, 0.5) is 0 Å². The summed E-state index contributed by atoms with van der Waals surface area (Å²) >= 11 is 0. The van der Waals surface area contributed by atoms with Gasteiger partial charge in [0.15, 0.2) is 0 Å². The number of nitrogens with one attached hydrogen (secondary N) is 1. The SMILES string of the molecule is CNCCC1(Oc2cc(C(C)C)ccc2C)CCC1. The van der Waals surface area contributed by atoms with Crippen LogP contribution in [0.1, 0.15) is 56.6 Å². The Hall–Kier alpha value is -1.02. The largest absolute Gasteiger partial charge is 0.487 e. The summed E-state index contributed by atoms with van der Waals surface area (Å²) in [6, 6.07) is 6.64. The van der Waals surface area contributed by atoms with Crippen molar-refractivity contribution < 1.29 is 4.74 Å². The molecule has 0 aromatic heterocycles. The zero-order chi connectivity index (χ0) is 13.9. The highest BCUT2D eigenvalue weighted by Crippen LogP contribution is 2.40. The molecule has 1 aromatic carbocycles. The van der Waals surface area contributed by atoms with Crippen LogP contribution in [-0.4, -0.2) is 19.2 Å². The molecule has 0 atom stereocenters. The number of aryl methyl sites for hydroxylation is 1. The number of hydrogen-bond donors (Lipinski definition) is 1. The van der Waals surface area contributed by atoms with E-state index < -0.39 is 0 Å². The number of rotatable bonds is 6. The molecule has 2 rings (SSSR count). The molecule has 1 fully saturated rings. The van der Waals surface area contributed by atoms with E-state index in [9.17, 15) is 0 Å². The summed E-state index contributed by atoms with van der Waals surface area (Å²) in [5, 5.41) is 3.24. The van der Waals surface area contributed by atoms with Gasteiger partial charge in [0.2, 0.25) is 0 Å². The van der Waals surface area contributed by atoms with Crippen molar-refractivity contribution in [2.75, 3.05) is 13.6 Å². The van der Waals surface area contributed by atoms with Crippen molar-refractivity contribution in [2.24, 2.45) is 0 Å². The Morgan fingerprint density at radius 1 is 1.32 bits per heavy atom. The van der Waals surface area contributed by atoms with E-state index >= 15 is 0 Å². The Morgan fingerprint density at radius 2 is 2.05 bits per heavy atom. The van der Waals surface area contributed by atoms with Gasteiger partial charge in [-0.1, -0.05) is 26.0 Å². The number of ether oxygens (including phenoxy) is 1. The summed E-state index contributed by atoms with van der Waals surface area (Å²) in [6.45, 7) is 7.63. The summed E-state index contributed by atoms with van der Waals surface area (Å²) in [7, 11) is 2.01. The van der Waals surface area contributed by atoms with Gasteiger partial charge in [0.1, 0.15) is 11.4 Å². The minimum atomic E-state index is 0.0867. The van der Waals surface area contributed by atoms with Crippen LogP contribution in [0.25, 0.3) is 0 Å². The van der Waals surface area contributed by atoms with E-state index in [0.29, 0.717) is 5.92 Å². The molecule has 0 saturated heterocycles. The van der Waals surface area contributed by atoms with Crippen LogP contribution in [0.2, 0.25) is 0 Å². The lowest BCUT2D eigenvalue weighted by molar-refractivity contribution is -0.0144. The van der Waals surface area contributed by atoms with E-state index in [-0.39, 0.29) is 5.60 Å². The van der Waals surface area contributed by atoms with Crippen LogP contribution in [0.5, 0.6) is 5.75 Å². The second kappa shape index (κ2) is 5.96. The molecule has 1 N–H and O–H groups in total. The van der Waals surface area contributed by atoms with Crippen molar-refractivity contribution in [1.82, 2.24) is 5.32 Å². The summed E-state index contributed by atoms with van der Waals surface area (Å²) < 4.78 is 6.42. The second-order valence-electron chi connectivity index (χ2n) is 6.17. The van der Waals surface area contributed by atoms with E-state index in [1.807, 2.05) is 7.05 Å². The quantitative estimate of drug-likeness (QED) is 0.835. The first-order valence-electron chi connectivity index (χ1n) is 7.50. The first-order valence-corrected chi connectivity index (χ1v) is 7.50.